The summed E-state index contributed by atoms with van der Waals surface area (Å²) in [5.41, 5.74) is 14.2. The Bertz CT molecular complexity index is 1060. The molecule has 0 bridgehead atoms. The summed E-state index contributed by atoms with van der Waals surface area (Å²) in [5.74, 6) is 1.28. The molecule has 0 aliphatic heterocycles. The van der Waals surface area contributed by atoms with Crippen LogP contribution in [0, 0.1) is 0 Å². The van der Waals surface area contributed by atoms with E-state index in [-0.39, 0.29) is 0 Å². The molecule has 0 amide bonds. The summed E-state index contributed by atoms with van der Waals surface area (Å²) in [5, 5.41) is 4.50. The van der Waals surface area contributed by atoms with Crippen LogP contribution in [0.3, 0.4) is 0 Å². The number of nitrogen functional groups attached to an aromatic ring is 1. The molecular weight excluding hydrogens is 358 g/mol. The van der Waals surface area contributed by atoms with Crippen molar-refractivity contribution in [2.75, 3.05) is 11.2 Å². The highest BCUT2D eigenvalue weighted by Gasteiger charge is 2.08. The van der Waals surface area contributed by atoms with E-state index in [4.69, 9.17) is 10.7 Å². The summed E-state index contributed by atoms with van der Waals surface area (Å²) in [4.78, 5) is 9.41. The lowest BCUT2D eigenvalue weighted by Gasteiger charge is -2.09. The molecule has 5 heteroatoms. The van der Waals surface area contributed by atoms with Gasteiger partial charge in [-0.15, -0.1) is 0 Å². The Kier molecular flexibility index (Phi) is 5.29. The predicted octanol–water partition coefficient (Wildman–Crippen LogP) is 5.23. The highest BCUT2D eigenvalue weighted by atomic mass is 15.3. The minimum atomic E-state index is 0.632. The van der Waals surface area contributed by atoms with E-state index < -0.39 is 0 Å². The van der Waals surface area contributed by atoms with E-state index in [2.05, 4.69) is 15.5 Å². The second-order valence-electron chi connectivity index (χ2n) is 6.63. The van der Waals surface area contributed by atoms with E-state index in [9.17, 15) is 0 Å². The van der Waals surface area contributed by atoms with Gasteiger partial charge in [0, 0.05) is 22.9 Å². The molecule has 4 rings (SSSR count). The third-order valence-corrected chi connectivity index (χ3v) is 4.49. The Morgan fingerprint density at radius 3 is 2.07 bits per heavy atom. The van der Waals surface area contributed by atoms with Gasteiger partial charge in [0.1, 0.15) is 0 Å². The molecule has 0 atom stereocenters. The van der Waals surface area contributed by atoms with Crippen LogP contribution < -0.4 is 11.2 Å². The number of nitrogens with one attached hydrogen (secondary N) is 1. The molecule has 142 valence electrons. The van der Waals surface area contributed by atoms with Gasteiger partial charge >= 0.3 is 0 Å². The van der Waals surface area contributed by atoms with Gasteiger partial charge < -0.3 is 5.73 Å². The maximum absolute atomic E-state index is 5.76. The smallest absolute Gasteiger partial charge is 0.162 e. The Morgan fingerprint density at radius 2 is 1.41 bits per heavy atom. The zero-order chi connectivity index (χ0) is 20.1. The van der Waals surface area contributed by atoms with Crippen LogP contribution in [-0.2, 0) is 0 Å². The second kappa shape index (κ2) is 8.35. The normalized spacial score (nSPS) is 11.3. The molecule has 5 nitrogen and oxygen atoms in total. The van der Waals surface area contributed by atoms with Gasteiger partial charge in [0.05, 0.1) is 11.4 Å². The van der Waals surface area contributed by atoms with Crippen LogP contribution >= 0.6 is 0 Å². The Balaban J connectivity index is 1.70. The third-order valence-electron chi connectivity index (χ3n) is 4.49. The van der Waals surface area contributed by atoms with Gasteiger partial charge in [-0.3, -0.25) is 5.43 Å². The lowest BCUT2D eigenvalue weighted by molar-refractivity contribution is 1.15. The van der Waals surface area contributed by atoms with E-state index in [1.807, 2.05) is 97.9 Å². The van der Waals surface area contributed by atoms with E-state index >= 15 is 0 Å². The number of anilines is 2. The number of hydrazone groups is 1. The fourth-order valence-corrected chi connectivity index (χ4v) is 2.91. The minimum Gasteiger partial charge on any atom is -0.399 e. The van der Waals surface area contributed by atoms with Gasteiger partial charge in [-0.2, -0.15) is 5.10 Å². The number of rotatable bonds is 5. The molecule has 0 aliphatic rings. The number of hydrogen-bond donors (Lipinski definition) is 2. The van der Waals surface area contributed by atoms with Crippen molar-refractivity contribution in [1.82, 2.24) is 9.97 Å². The SMILES string of the molecule is C/C(=N\Nc1cc(-c2ccccc2)nc(-c2ccccc2)n1)c1ccc(N)cc1. The summed E-state index contributed by atoms with van der Waals surface area (Å²) in [6.45, 7) is 1.94. The zero-order valence-electron chi connectivity index (χ0n) is 16.1. The average molecular weight is 379 g/mol. The second-order valence-corrected chi connectivity index (χ2v) is 6.63. The molecule has 1 heterocycles. The highest BCUT2D eigenvalue weighted by Crippen LogP contribution is 2.24. The van der Waals surface area contributed by atoms with E-state index in [0.29, 0.717) is 11.6 Å². The first kappa shape index (κ1) is 18.4. The molecule has 4 aromatic rings. The molecule has 0 saturated carbocycles. The number of hydrogen-bond acceptors (Lipinski definition) is 5. The van der Waals surface area contributed by atoms with Gasteiger partial charge in [-0.25, -0.2) is 9.97 Å². The van der Waals surface area contributed by atoms with Gasteiger partial charge in [-0.05, 0) is 24.6 Å². The highest BCUT2D eigenvalue weighted by molar-refractivity contribution is 5.99. The van der Waals surface area contributed by atoms with Crippen molar-refractivity contribution in [3.63, 3.8) is 0 Å². The number of benzene rings is 3. The van der Waals surface area contributed by atoms with Gasteiger partial charge in [-0.1, -0.05) is 72.8 Å². The molecule has 0 saturated heterocycles. The molecule has 0 radical (unpaired) electrons. The Labute approximate surface area is 170 Å². The number of nitrogens with zero attached hydrogens (tertiary/aromatic N) is 3. The first-order valence-corrected chi connectivity index (χ1v) is 9.35. The van der Waals surface area contributed by atoms with Gasteiger partial charge in [0.2, 0.25) is 0 Å². The fourth-order valence-electron chi connectivity index (χ4n) is 2.91. The van der Waals surface area contributed by atoms with Crippen LogP contribution in [-0.4, -0.2) is 15.7 Å². The molecular formula is C24H21N5. The molecule has 0 unspecified atom stereocenters. The van der Waals surface area contributed by atoms with Crippen LogP contribution in [0.5, 0.6) is 0 Å². The van der Waals surface area contributed by atoms with Crippen LogP contribution in [0.1, 0.15) is 12.5 Å². The topological polar surface area (TPSA) is 76.2 Å². The first-order valence-electron chi connectivity index (χ1n) is 9.35. The van der Waals surface area contributed by atoms with Crippen molar-refractivity contribution in [1.29, 1.82) is 0 Å². The molecule has 1 aromatic heterocycles. The largest absolute Gasteiger partial charge is 0.399 e. The van der Waals surface area contributed by atoms with Crippen molar-refractivity contribution >= 4 is 17.2 Å². The zero-order valence-corrected chi connectivity index (χ0v) is 16.1. The quantitative estimate of drug-likeness (QED) is 0.283. The standard InChI is InChI=1S/C24H21N5/c1-17(18-12-14-21(25)15-13-18)28-29-23-16-22(19-8-4-2-5-9-19)26-24(27-23)20-10-6-3-7-11-20/h2-16H,25H2,1H3,(H,26,27,29)/b28-17+. The summed E-state index contributed by atoms with van der Waals surface area (Å²) in [6, 6.07) is 29.5. The van der Waals surface area contributed by atoms with Crippen molar-refractivity contribution < 1.29 is 0 Å². The van der Waals surface area contributed by atoms with Crippen molar-refractivity contribution in [3.05, 3.63) is 96.6 Å². The van der Waals surface area contributed by atoms with Crippen molar-refractivity contribution in [2.45, 2.75) is 6.92 Å². The Morgan fingerprint density at radius 1 is 0.793 bits per heavy atom. The van der Waals surface area contributed by atoms with Crippen LogP contribution in [0.25, 0.3) is 22.6 Å². The molecule has 3 N–H and O–H groups in total. The van der Waals surface area contributed by atoms with E-state index in [0.717, 1.165) is 33.8 Å². The fraction of sp³-hybridized carbons (Fsp3) is 0.0417. The maximum atomic E-state index is 5.76. The minimum absolute atomic E-state index is 0.632. The average Bonchev–Trinajstić information content (AvgIpc) is 2.79. The van der Waals surface area contributed by atoms with Crippen LogP contribution in [0.15, 0.2) is 96.1 Å². The number of aromatic nitrogens is 2. The van der Waals surface area contributed by atoms with Gasteiger partial charge in [0.25, 0.3) is 0 Å². The summed E-state index contributed by atoms with van der Waals surface area (Å²) < 4.78 is 0. The summed E-state index contributed by atoms with van der Waals surface area (Å²) in [6.07, 6.45) is 0. The van der Waals surface area contributed by atoms with Crippen molar-refractivity contribution in [2.24, 2.45) is 5.10 Å². The summed E-state index contributed by atoms with van der Waals surface area (Å²) >= 11 is 0. The molecule has 0 fully saturated rings. The Hall–Kier alpha value is -3.99. The number of nitrogens with two attached hydrogens (primary N) is 1. The van der Waals surface area contributed by atoms with Gasteiger partial charge in [0.15, 0.2) is 11.6 Å². The monoisotopic (exact) mass is 379 g/mol. The molecule has 0 aliphatic carbocycles. The molecule has 3 aromatic carbocycles. The van der Waals surface area contributed by atoms with Crippen molar-refractivity contribution in [3.8, 4) is 22.6 Å². The third kappa shape index (κ3) is 4.47. The predicted molar refractivity (Wildman–Crippen MR) is 120 cm³/mol. The first-order chi connectivity index (χ1) is 14.2. The molecule has 0 spiro atoms. The van der Waals surface area contributed by atoms with E-state index in [1.54, 1.807) is 0 Å². The lowest BCUT2D eigenvalue weighted by Crippen LogP contribution is -2.03. The van der Waals surface area contributed by atoms with E-state index in [1.165, 1.54) is 0 Å². The molecule has 29 heavy (non-hydrogen) atoms. The van der Waals surface area contributed by atoms with Crippen LogP contribution in [0.4, 0.5) is 11.5 Å². The van der Waals surface area contributed by atoms with Crippen LogP contribution in [0.2, 0.25) is 0 Å². The maximum Gasteiger partial charge on any atom is 0.162 e. The lowest BCUT2D eigenvalue weighted by atomic mass is 10.1. The summed E-state index contributed by atoms with van der Waals surface area (Å²) in [7, 11) is 0.